The van der Waals surface area contributed by atoms with Crippen molar-refractivity contribution >= 4 is 16.8 Å². The van der Waals surface area contributed by atoms with Gasteiger partial charge in [-0.1, -0.05) is 6.07 Å². The first kappa shape index (κ1) is 13.6. The molecule has 4 nitrogen and oxygen atoms in total. The van der Waals surface area contributed by atoms with E-state index in [-0.39, 0.29) is 5.91 Å². The molecule has 0 aliphatic heterocycles. The number of amides is 1. The fourth-order valence-corrected chi connectivity index (χ4v) is 2.09. The number of aromatic nitrogens is 1. The molecule has 0 radical (unpaired) electrons. The van der Waals surface area contributed by atoms with Crippen LogP contribution in [0.15, 0.2) is 30.5 Å². The van der Waals surface area contributed by atoms with E-state index in [1.807, 2.05) is 44.3 Å². The Balaban J connectivity index is 2.11. The molecular weight excluding hydrogens is 240 g/mol. The number of hydrogen-bond acceptors (Lipinski definition) is 2. The van der Waals surface area contributed by atoms with Crippen LogP contribution in [0.3, 0.4) is 0 Å². The van der Waals surface area contributed by atoms with E-state index < -0.39 is 0 Å². The quantitative estimate of drug-likeness (QED) is 0.812. The summed E-state index contributed by atoms with van der Waals surface area (Å²) in [5, 5.41) is 1.12. The molecule has 1 N–H and O–H groups in total. The van der Waals surface area contributed by atoms with E-state index in [4.69, 9.17) is 4.74 Å². The number of nitrogens with one attached hydrogen (secondary N) is 1. The summed E-state index contributed by atoms with van der Waals surface area (Å²) in [6.07, 6.45) is 1.88. The normalized spacial score (nSPS) is 10.8. The van der Waals surface area contributed by atoms with Crippen LogP contribution in [0, 0.1) is 0 Å². The van der Waals surface area contributed by atoms with Crippen LogP contribution in [0.4, 0.5) is 0 Å². The van der Waals surface area contributed by atoms with E-state index in [0.29, 0.717) is 31.9 Å². The molecule has 0 atom stereocenters. The Morgan fingerprint density at radius 3 is 2.89 bits per heavy atom. The van der Waals surface area contributed by atoms with Crippen molar-refractivity contribution in [2.45, 2.75) is 13.8 Å². The lowest BCUT2D eigenvalue weighted by Gasteiger charge is -2.20. The van der Waals surface area contributed by atoms with Gasteiger partial charge in [0.15, 0.2) is 0 Å². The van der Waals surface area contributed by atoms with E-state index >= 15 is 0 Å². The molecule has 0 bridgehead atoms. The van der Waals surface area contributed by atoms with Gasteiger partial charge in [-0.3, -0.25) is 4.79 Å². The molecule has 2 rings (SSSR count). The largest absolute Gasteiger partial charge is 0.380 e. The number of nitrogens with zero attached hydrogens (tertiary/aromatic N) is 1. The SMILES string of the molecule is CCOCCN(CC)C(=O)c1ccc2cc[nH]c2c1. The Bertz CT molecular complexity index is 548. The first-order valence-electron chi connectivity index (χ1n) is 6.70. The van der Waals surface area contributed by atoms with Gasteiger partial charge >= 0.3 is 0 Å². The summed E-state index contributed by atoms with van der Waals surface area (Å²) in [6, 6.07) is 7.74. The van der Waals surface area contributed by atoms with E-state index in [9.17, 15) is 4.79 Å². The summed E-state index contributed by atoms with van der Waals surface area (Å²) >= 11 is 0. The summed E-state index contributed by atoms with van der Waals surface area (Å²) in [7, 11) is 0. The Hall–Kier alpha value is -1.81. The van der Waals surface area contributed by atoms with E-state index in [0.717, 1.165) is 10.9 Å². The number of H-pyrrole nitrogens is 1. The molecule has 0 saturated heterocycles. The van der Waals surface area contributed by atoms with E-state index in [1.54, 1.807) is 4.90 Å². The highest BCUT2D eigenvalue weighted by Crippen LogP contribution is 2.15. The van der Waals surface area contributed by atoms with Gasteiger partial charge < -0.3 is 14.6 Å². The van der Waals surface area contributed by atoms with Crippen LogP contribution in [0.2, 0.25) is 0 Å². The number of ether oxygens (including phenoxy) is 1. The molecule has 0 aliphatic carbocycles. The summed E-state index contributed by atoms with van der Waals surface area (Å²) in [4.78, 5) is 17.3. The van der Waals surface area contributed by atoms with Crippen molar-refractivity contribution in [1.82, 2.24) is 9.88 Å². The highest BCUT2D eigenvalue weighted by atomic mass is 16.5. The summed E-state index contributed by atoms with van der Waals surface area (Å²) in [6.45, 7) is 6.52. The molecule has 1 amide bonds. The topological polar surface area (TPSA) is 45.3 Å². The van der Waals surface area contributed by atoms with E-state index in [2.05, 4.69) is 4.98 Å². The molecule has 1 aromatic carbocycles. The van der Waals surface area contributed by atoms with Gasteiger partial charge in [0.25, 0.3) is 5.91 Å². The first-order valence-corrected chi connectivity index (χ1v) is 6.70. The molecule has 0 spiro atoms. The number of carbonyl (C=O) groups is 1. The maximum absolute atomic E-state index is 12.4. The van der Waals surface area contributed by atoms with Crippen molar-refractivity contribution in [3.63, 3.8) is 0 Å². The average Bonchev–Trinajstić information content (AvgIpc) is 2.90. The molecule has 0 unspecified atom stereocenters. The van der Waals surface area contributed by atoms with Gasteiger partial charge in [0.05, 0.1) is 6.61 Å². The Morgan fingerprint density at radius 1 is 1.32 bits per heavy atom. The summed E-state index contributed by atoms with van der Waals surface area (Å²) in [5.41, 5.74) is 1.71. The lowest BCUT2D eigenvalue weighted by atomic mass is 10.1. The van der Waals surface area contributed by atoms with Crippen LogP contribution in [0.25, 0.3) is 10.9 Å². The van der Waals surface area contributed by atoms with Crippen molar-refractivity contribution in [2.24, 2.45) is 0 Å². The van der Waals surface area contributed by atoms with E-state index in [1.165, 1.54) is 0 Å². The second kappa shape index (κ2) is 6.38. The number of benzene rings is 1. The fourth-order valence-electron chi connectivity index (χ4n) is 2.09. The zero-order valence-corrected chi connectivity index (χ0v) is 11.5. The molecule has 0 aliphatic rings. The van der Waals surface area contributed by atoms with Gasteiger partial charge in [0.2, 0.25) is 0 Å². The van der Waals surface area contributed by atoms with Crippen molar-refractivity contribution < 1.29 is 9.53 Å². The van der Waals surface area contributed by atoms with Gasteiger partial charge in [-0.05, 0) is 37.4 Å². The van der Waals surface area contributed by atoms with Crippen molar-refractivity contribution in [1.29, 1.82) is 0 Å². The van der Waals surface area contributed by atoms with Crippen molar-refractivity contribution in [2.75, 3.05) is 26.3 Å². The minimum absolute atomic E-state index is 0.0544. The maximum Gasteiger partial charge on any atom is 0.253 e. The molecule has 1 heterocycles. The molecule has 0 saturated carbocycles. The van der Waals surface area contributed by atoms with Crippen LogP contribution < -0.4 is 0 Å². The minimum atomic E-state index is 0.0544. The van der Waals surface area contributed by atoms with Crippen molar-refractivity contribution in [3.05, 3.63) is 36.0 Å². The number of likely N-dealkylation sites (N-methyl/N-ethyl adjacent to an activating group) is 1. The van der Waals surface area contributed by atoms with Gasteiger partial charge in [-0.2, -0.15) is 0 Å². The van der Waals surface area contributed by atoms with Crippen LogP contribution in [0.5, 0.6) is 0 Å². The Kier molecular flexibility index (Phi) is 4.58. The number of hydrogen-bond donors (Lipinski definition) is 1. The second-order valence-electron chi connectivity index (χ2n) is 4.36. The average molecular weight is 260 g/mol. The third-order valence-corrected chi connectivity index (χ3v) is 3.18. The van der Waals surface area contributed by atoms with Crippen LogP contribution in [-0.2, 0) is 4.74 Å². The fraction of sp³-hybridized carbons (Fsp3) is 0.400. The summed E-state index contributed by atoms with van der Waals surface area (Å²) < 4.78 is 5.31. The predicted molar refractivity (Wildman–Crippen MR) is 76.4 cm³/mol. The molecule has 1 aromatic heterocycles. The molecule has 19 heavy (non-hydrogen) atoms. The molecule has 4 heteroatoms. The third kappa shape index (κ3) is 3.15. The predicted octanol–water partition coefficient (Wildman–Crippen LogP) is 2.67. The zero-order valence-electron chi connectivity index (χ0n) is 11.5. The molecule has 0 fully saturated rings. The van der Waals surface area contributed by atoms with Crippen LogP contribution >= 0.6 is 0 Å². The highest BCUT2D eigenvalue weighted by Gasteiger charge is 2.14. The maximum atomic E-state index is 12.4. The van der Waals surface area contributed by atoms with Gasteiger partial charge in [0.1, 0.15) is 0 Å². The Labute approximate surface area is 113 Å². The number of fused-ring (bicyclic) bond motifs is 1. The second-order valence-corrected chi connectivity index (χ2v) is 4.36. The third-order valence-electron chi connectivity index (χ3n) is 3.18. The molecule has 2 aromatic rings. The zero-order chi connectivity index (χ0) is 13.7. The van der Waals surface area contributed by atoms with Gasteiger partial charge in [-0.25, -0.2) is 0 Å². The smallest absolute Gasteiger partial charge is 0.253 e. The monoisotopic (exact) mass is 260 g/mol. The molecular formula is C15H20N2O2. The lowest BCUT2D eigenvalue weighted by Crippen LogP contribution is -2.33. The Morgan fingerprint density at radius 2 is 2.16 bits per heavy atom. The minimum Gasteiger partial charge on any atom is -0.380 e. The number of aromatic amines is 1. The number of carbonyl (C=O) groups excluding carboxylic acids is 1. The van der Waals surface area contributed by atoms with Crippen LogP contribution in [0.1, 0.15) is 24.2 Å². The van der Waals surface area contributed by atoms with Gasteiger partial charge in [0, 0.05) is 37.0 Å². The van der Waals surface area contributed by atoms with Crippen molar-refractivity contribution in [3.8, 4) is 0 Å². The standard InChI is InChI=1S/C15H20N2O2/c1-3-17(9-10-19-4-2)15(18)13-6-5-12-7-8-16-14(12)11-13/h5-8,11,16H,3-4,9-10H2,1-2H3. The lowest BCUT2D eigenvalue weighted by molar-refractivity contribution is 0.0669. The first-order chi connectivity index (χ1) is 9.26. The summed E-state index contributed by atoms with van der Waals surface area (Å²) in [5.74, 6) is 0.0544. The van der Waals surface area contributed by atoms with Crippen LogP contribution in [-0.4, -0.2) is 42.1 Å². The molecule has 102 valence electrons. The highest BCUT2D eigenvalue weighted by molar-refractivity contribution is 5.97. The number of rotatable bonds is 6. The van der Waals surface area contributed by atoms with Gasteiger partial charge in [-0.15, -0.1) is 0 Å².